The molecule has 2 aliphatic heterocycles. The highest BCUT2D eigenvalue weighted by atomic mass is 32.2. The van der Waals surface area contributed by atoms with Crippen molar-refractivity contribution in [3.63, 3.8) is 0 Å². The molecule has 1 saturated heterocycles. The summed E-state index contributed by atoms with van der Waals surface area (Å²) in [5, 5.41) is 3.36. The van der Waals surface area contributed by atoms with Gasteiger partial charge in [-0.15, -0.1) is 0 Å². The van der Waals surface area contributed by atoms with E-state index in [9.17, 15) is 4.55 Å². The zero-order chi connectivity index (χ0) is 11.0. The van der Waals surface area contributed by atoms with E-state index in [2.05, 4.69) is 28.4 Å². The van der Waals surface area contributed by atoms with Crippen molar-refractivity contribution in [1.29, 1.82) is 0 Å². The van der Waals surface area contributed by atoms with Crippen LogP contribution in [0.3, 0.4) is 0 Å². The molecule has 0 radical (unpaired) electrons. The van der Waals surface area contributed by atoms with Crippen molar-refractivity contribution in [2.45, 2.75) is 13.1 Å². The molecule has 0 spiro atoms. The second-order valence-corrected chi connectivity index (χ2v) is 6.09. The van der Waals surface area contributed by atoms with Crippen LogP contribution in [0.2, 0.25) is 0 Å². The predicted octanol–water partition coefficient (Wildman–Crippen LogP) is 0.859. The van der Waals surface area contributed by atoms with Crippen LogP contribution in [0.1, 0.15) is 11.1 Å². The summed E-state index contributed by atoms with van der Waals surface area (Å²) in [6.45, 7) is 3.85. The highest BCUT2D eigenvalue weighted by Gasteiger charge is 2.20. The van der Waals surface area contributed by atoms with Crippen LogP contribution in [0.15, 0.2) is 18.2 Å². The molecule has 2 aliphatic rings. The molecule has 0 atom stereocenters. The van der Waals surface area contributed by atoms with Crippen LogP contribution in [0, 0.1) is 0 Å². The Morgan fingerprint density at radius 2 is 1.88 bits per heavy atom. The molecule has 0 aromatic heterocycles. The van der Waals surface area contributed by atoms with Gasteiger partial charge in [0.25, 0.3) is 0 Å². The minimum absolute atomic E-state index is 0.588. The quantitative estimate of drug-likeness (QED) is 0.735. The van der Waals surface area contributed by atoms with Crippen LogP contribution in [0.4, 0.5) is 5.69 Å². The Kier molecular flexibility index (Phi) is 2.79. The molecule has 0 saturated carbocycles. The van der Waals surface area contributed by atoms with Crippen LogP contribution in [-0.2, 0) is 24.3 Å². The van der Waals surface area contributed by atoms with Crippen molar-refractivity contribution in [3.8, 4) is 0 Å². The van der Waals surface area contributed by atoms with Gasteiger partial charge in [-0.2, -0.15) is 0 Å². The number of fused-ring (bicyclic) bond motifs is 1. The molecule has 0 amide bonds. The smallest absolute Gasteiger partial charge is 0.123 e. The second kappa shape index (κ2) is 4.28. The average Bonchev–Trinajstić information content (AvgIpc) is 2.77. The molecule has 1 N–H and O–H groups in total. The van der Waals surface area contributed by atoms with Crippen molar-refractivity contribution in [3.05, 3.63) is 29.3 Å². The summed E-state index contributed by atoms with van der Waals surface area (Å²) in [6, 6.07) is 6.69. The van der Waals surface area contributed by atoms with Crippen molar-refractivity contribution >= 4 is 16.9 Å². The molecular weight excluding hydrogens is 220 g/mol. The van der Waals surface area contributed by atoms with Crippen molar-refractivity contribution < 1.29 is 4.55 Å². The van der Waals surface area contributed by atoms with E-state index in [0.29, 0.717) is 0 Å². The van der Waals surface area contributed by atoms with E-state index in [1.807, 2.05) is 0 Å². The van der Waals surface area contributed by atoms with Gasteiger partial charge < -0.3 is 14.8 Å². The lowest BCUT2D eigenvalue weighted by atomic mass is 10.1. The number of hydrogen-bond donors (Lipinski definition) is 1. The van der Waals surface area contributed by atoms with Gasteiger partial charge in [0.2, 0.25) is 0 Å². The zero-order valence-corrected chi connectivity index (χ0v) is 10.1. The average molecular weight is 236 g/mol. The van der Waals surface area contributed by atoms with Crippen LogP contribution < -0.4 is 10.2 Å². The summed E-state index contributed by atoms with van der Waals surface area (Å²) in [7, 11) is 0. The lowest BCUT2D eigenvalue weighted by molar-refractivity contribution is 0.586. The molecule has 0 bridgehead atoms. The first-order valence-corrected chi connectivity index (χ1v) is 7.24. The van der Waals surface area contributed by atoms with E-state index in [1.54, 1.807) is 0 Å². The van der Waals surface area contributed by atoms with E-state index < -0.39 is 11.2 Å². The minimum atomic E-state index is -0.588. The number of anilines is 1. The molecule has 0 aliphatic carbocycles. The maximum atomic E-state index is 11.3. The summed E-state index contributed by atoms with van der Waals surface area (Å²) < 4.78 is 11.3. The Morgan fingerprint density at radius 3 is 2.69 bits per heavy atom. The van der Waals surface area contributed by atoms with E-state index >= 15 is 0 Å². The van der Waals surface area contributed by atoms with Gasteiger partial charge in [0.05, 0.1) is 13.1 Å². The van der Waals surface area contributed by atoms with E-state index in [0.717, 1.165) is 37.7 Å². The molecule has 16 heavy (non-hydrogen) atoms. The number of nitrogens with zero attached hydrogens (tertiary/aromatic N) is 1. The normalized spacial score (nSPS) is 21.2. The number of hydrogen-bond acceptors (Lipinski definition) is 3. The third-order valence-corrected chi connectivity index (χ3v) is 4.64. The highest BCUT2D eigenvalue weighted by Crippen LogP contribution is 2.24. The van der Waals surface area contributed by atoms with Crippen LogP contribution in [0.25, 0.3) is 0 Å². The first-order chi connectivity index (χ1) is 7.83. The third-order valence-electron chi connectivity index (χ3n) is 3.36. The van der Waals surface area contributed by atoms with Gasteiger partial charge in [-0.05, 0) is 23.3 Å². The minimum Gasteiger partial charge on any atom is -0.616 e. The summed E-state index contributed by atoms with van der Waals surface area (Å²) in [6.07, 6.45) is 0. The zero-order valence-electron chi connectivity index (χ0n) is 9.24. The Morgan fingerprint density at radius 1 is 1.12 bits per heavy atom. The van der Waals surface area contributed by atoms with Crippen molar-refractivity contribution in [1.82, 2.24) is 5.32 Å². The van der Waals surface area contributed by atoms with E-state index in [-0.39, 0.29) is 0 Å². The van der Waals surface area contributed by atoms with Crippen LogP contribution in [-0.4, -0.2) is 29.1 Å². The fourth-order valence-corrected chi connectivity index (χ4v) is 3.43. The van der Waals surface area contributed by atoms with Crippen LogP contribution in [0.5, 0.6) is 0 Å². The molecule has 1 aromatic carbocycles. The van der Waals surface area contributed by atoms with Gasteiger partial charge >= 0.3 is 0 Å². The van der Waals surface area contributed by atoms with Gasteiger partial charge in [0, 0.05) is 18.8 Å². The molecule has 1 aromatic rings. The topological polar surface area (TPSA) is 38.3 Å². The van der Waals surface area contributed by atoms with E-state index in [1.165, 1.54) is 16.8 Å². The fraction of sp³-hybridized carbons (Fsp3) is 0.500. The summed E-state index contributed by atoms with van der Waals surface area (Å²) in [4.78, 5) is 2.35. The lowest BCUT2D eigenvalue weighted by Crippen LogP contribution is -2.40. The van der Waals surface area contributed by atoms with Crippen LogP contribution >= 0.6 is 0 Å². The van der Waals surface area contributed by atoms with Crippen molar-refractivity contribution in [2.75, 3.05) is 29.5 Å². The molecule has 4 heteroatoms. The van der Waals surface area contributed by atoms with Gasteiger partial charge in [-0.1, -0.05) is 17.2 Å². The molecule has 0 unspecified atom stereocenters. The Bertz CT molecular complexity index is 389. The molecule has 1 fully saturated rings. The molecule has 2 heterocycles. The lowest BCUT2D eigenvalue weighted by Gasteiger charge is -2.30. The Hall–Kier alpha value is -0.710. The first kappa shape index (κ1) is 10.4. The SMILES string of the molecule is [O-][S+]1CCN(c2ccc3c(c2)CNC3)CC1. The molecule has 3 nitrogen and oxygen atoms in total. The largest absolute Gasteiger partial charge is 0.616 e. The van der Waals surface area contributed by atoms with Gasteiger partial charge in [-0.25, -0.2) is 0 Å². The molecular formula is C12H16N2OS. The fourth-order valence-electron chi connectivity index (χ4n) is 2.37. The second-order valence-electron chi connectivity index (χ2n) is 4.39. The maximum Gasteiger partial charge on any atom is 0.123 e. The van der Waals surface area contributed by atoms with Gasteiger partial charge in [-0.3, -0.25) is 0 Å². The van der Waals surface area contributed by atoms with E-state index in [4.69, 9.17) is 0 Å². The Balaban J connectivity index is 1.79. The summed E-state index contributed by atoms with van der Waals surface area (Å²) in [5.74, 6) is 1.63. The standard InChI is InChI=1S/C12H16N2OS/c15-16-5-3-14(4-6-16)12-2-1-10-8-13-9-11(10)7-12/h1-2,7,13H,3-6,8-9H2. The molecule has 3 rings (SSSR count). The summed E-state index contributed by atoms with van der Waals surface area (Å²) >= 11 is -0.588. The van der Waals surface area contributed by atoms with Gasteiger partial charge in [0.15, 0.2) is 0 Å². The number of nitrogens with one attached hydrogen (secondary N) is 1. The summed E-state index contributed by atoms with van der Waals surface area (Å²) in [5.41, 5.74) is 4.13. The monoisotopic (exact) mass is 236 g/mol. The Labute approximate surface area is 99.0 Å². The first-order valence-electron chi connectivity index (χ1n) is 5.75. The van der Waals surface area contributed by atoms with Gasteiger partial charge in [0.1, 0.15) is 11.5 Å². The molecule has 86 valence electrons. The highest BCUT2D eigenvalue weighted by molar-refractivity contribution is 7.91. The number of rotatable bonds is 1. The van der Waals surface area contributed by atoms with Crippen molar-refractivity contribution in [2.24, 2.45) is 0 Å². The number of benzene rings is 1. The maximum absolute atomic E-state index is 11.3. The predicted molar refractivity (Wildman–Crippen MR) is 67.1 cm³/mol. The third kappa shape index (κ3) is 1.93.